The topological polar surface area (TPSA) is 82.2 Å². The Kier molecular flexibility index (Phi) is 5.16. The fourth-order valence-corrected chi connectivity index (χ4v) is 1.97. The predicted octanol–water partition coefficient (Wildman–Crippen LogP) is 0.919. The van der Waals surface area contributed by atoms with Gasteiger partial charge in [-0.3, -0.25) is 4.79 Å². The summed E-state index contributed by atoms with van der Waals surface area (Å²) in [4.78, 5) is 25.1. The molecule has 1 atom stereocenters. The van der Waals surface area contributed by atoms with Crippen LogP contribution in [0.3, 0.4) is 0 Å². The number of para-hydroxylation sites is 1. The number of hydrogen-bond acceptors (Lipinski definition) is 2. The lowest BCUT2D eigenvalue weighted by Crippen LogP contribution is -2.41. The molecule has 0 aliphatic rings. The molecule has 1 amide bonds. The van der Waals surface area contributed by atoms with E-state index in [9.17, 15) is 9.59 Å². The highest BCUT2D eigenvalue weighted by atomic mass is 27.0. The van der Waals surface area contributed by atoms with Gasteiger partial charge in [0.25, 0.3) is 0 Å². The van der Waals surface area contributed by atoms with Crippen molar-refractivity contribution in [2.75, 3.05) is 0 Å². The molecular weight excluding hydrogens is 259 g/mol. The van der Waals surface area contributed by atoms with Crippen molar-refractivity contribution < 1.29 is 14.7 Å². The average Bonchev–Trinajstić information content (AvgIpc) is 2.71. The summed E-state index contributed by atoms with van der Waals surface area (Å²) in [6, 6.07) is 6.75. The zero-order valence-electron chi connectivity index (χ0n) is 10.5. The van der Waals surface area contributed by atoms with E-state index in [1.807, 2.05) is 24.3 Å². The summed E-state index contributed by atoms with van der Waals surface area (Å²) >= 11 is 0. The first-order valence-corrected chi connectivity index (χ1v) is 5.63. The lowest BCUT2D eigenvalue weighted by Gasteiger charge is -2.12. The molecule has 3 N–H and O–H groups in total. The van der Waals surface area contributed by atoms with Gasteiger partial charge in [-0.05, 0) is 11.6 Å². The highest BCUT2D eigenvalue weighted by molar-refractivity contribution is 5.86. The third-order valence-electron chi connectivity index (χ3n) is 2.77. The van der Waals surface area contributed by atoms with E-state index < -0.39 is 12.0 Å². The maximum atomic E-state index is 11.1. The van der Waals surface area contributed by atoms with Gasteiger partial charge >= 0.3 is 5.97 Å². The van der Waals surface area contributed by atoms with Gasteiger partial charge in [0.2, 0.25) is 5.91 Å². The van der Waals surface area contributed by atoms with Gasteiger partial charge in [-0.2, -0.15) is 0 Å². The maximum absolute atomic E-state index is 11.1. The van der Waals surface area contributed by atoms with Crippen LogP contribution in [0.1, 0.15) is 12.5 Å². The number of aliphatic carboxylic acids is 1. The Morgan fingerprint density at radius 2 is 2.05 bits per heavy atom. The number of nitrogens with one attached hydrogen (secondary N) is 2. The Balaban J connectivity index is 0.00000180. The predicted molar refractivity (Wildman–Crippen MR) is 73.0 cm³/mol. The Bertz CT molecular complexity index is 594. The Hall–Kier alpha value is -1.77. The number of carboxylic acids is 1. The molecule has 2 aromatic rings. The molecule has 97 valence electrons. The van der Waals surface area contributed by atoms with Crippen molar-refractivity contribution in [3.8, 4) is 0 Å². The number of aromatic amines is 1. The first kappa shape index (κ1) is 15.3. The second-order valence-corrected chi connectivity index (χ2v) is 4.15. The summed E-state index contributed by atoms with van der Waals surface area (Å²) in [6.45, 7) is 1.31. The summed E-state index contributed by atoms with van der Waals surface area (Å²) in [6.07, 6.45) is 2.04. The van der Waals surface area contributed by atoms with E-state index >= 15 is 0 Å². The molecule has 0 aliphatic heterocycles. The SMILES string of the molecule is CC(=O)N[C@@H](Cc1c[nH]c2ccccc12)C(=O)O.[Al]. The molecule has 0 spiro atoms. The molecule has 5 nitrogen and oxygen atoms in total. The molecule has 0 fully saturated rings. The summed E-state index contributed by atoms with van der Waals surface area (Å²) in [7, 11) is 0. The van der Waals surface area contributed by atoms with Gasteiger partial charge < -0.3 is 15.4 Å². The second kappa shape index (κ2) is 6.41. The van der Waals surface area contributed by atoms with Crippen molar-refractivity contribution in [1.82, 2.24) is 10.3 Å². The smallest absolute Gasteiger partial charge is 0.326 e. The Morgan fingerprint density at radius 1 is 1.37 bits per heavy atom. The number of H-pyrrole nitrogens is 1. The second-order valence-electron chi connectivity index (χ2n) is 4.15. The lowest BCUT2D eigenvalue weighted by molar-refractivity contribution is -0.141. The van der Waals surface area contributed by atoms with Gasteiger partial charge in [-0.15, -0.1) is 0 Å². The highest BCUT2D eigenvalue weighted by Crippen LogP contribution is 2.19. The standard InChI is InChI=1S/C13H14N2O3.Al/c1-8(16)15-12(13(17)18)6-9-7-14-11-5-3-2-4-10(9)11;/h2-5,7,12,14H,6H2,1H3,(H,15,16)(H,17,18);/t12-;/m0./s1. The highest BCUT2D eigenvalue weighted by Gasteiger charge is 2.20. The number of carboxylic acid groups (broad SMARTS) is 1. The molecule has 0 unspecified atom stereocenters. The van der Waals surface area contributed by atoms with E-state index in [0.29, 0.717) is 0 Å². The van der Waals surface area contributed by atoms with Crippen molar-refractivity contribution in [2.24, 2.45) is 0 Å². The molecular formula is C13H14AlN2O3. The van der Waals surface area contributed by atoms with Crippen LogP contribution in [0.25, 0.3) is 10.9 Å². The van der Waals surface area contributed by atoms with Gasteiger partial charge in [0.1, 0.15) is 6.04 Å². The number of fused-ring (bicyclic) bond motifs is 1. The van der Waals surface area contributed by atoms with E-state index in [0.717, 1.165) is 16.5 Å². The van der Waals surface area contributed by atoms with E-state index in [1.54, 1.807) is 6.20 Å². The summed E-state index contributed by atoms with van der Waals surface area (Å²) in [5.74, 6) is -1.38. The number of benzene rings is 1. The van der Waals surface area contributed by atoms with Crippen molar-refractivity contribution in [1.29, 1.82) is 0 Å². The monoisotopic (exact) mass is 273 g/mol. The van der Waals surface area contributed by atoms with Crippen molar-refractivity contribution in [3.05, 3.63) is 36.0 Å². The van der Waals surface area contributed by atoms with Gasteiger partial charge in [-0.1, -0.05) is 18.2 Å². The zero-order valence-corrected chi connectivity index (χ0v) is 11.7. The first-order valence-electron chi connectivity index (χ1n) is 5.63. The van der Waals surface area contributed by atoms with Crippen LogP contribution >= 0.6 is 0 Å². The Morgan fingerprint density at radius 3 is 2.68 bits per heavy atom. The summed E-state index contributed by atoms with van der Waals surface area (Å²) < 4.78 is 0. The number of aromatic nitrogens is 1. The minimum absolute atomic E-state index is 0. The molecule has 6 heteroatoms. The quantitative estimate of drug-likeness (QED) is 0.724. The van der Waals surface area contributed by atoms with Crippen LogP contribution in [0.5, 0.6) is 0 Å². The van der Waals surface area contributed by atoms with Crippen molar-refractivity contribution >= 4 is 40.1 Å². The van der Waals surface area contributed by atoms with Crippen LogP contribution in [0.2, 0.25) is 0 Å². The number of carbonyl (C=O) groups excluding carboxylic acids is 1. The largest absolute Gasteiger partial charge is 0.480 e. The van der Waals surface area contributed by atoms with Crippen LogP contribution in [0.15, 0.2) is 30.5 Å². The minimum atomic E-state index is -1.03. The van der Waals surface area contributed by atoms with Gasteiger partial charge in [0.15, 0.2) is 0 Å². The fourth-order valence-electron chi connectivity index (χ4n) is 1.97. The first-order chi connectivity index (χ1) is 8.58. The number of hydrogen-bond donors (Lipinski definition) is 3. The van der Waals surface area contributed by atoms with Crippen molar-refractivity contribution in [3.63, 3.8) is 0 Å². The average molecular weight is 273 g/mol. The van der Waals surface area contributed by atoms with Crippen LogP contribution in [-0.2, 0) is 16.0 Å². The summed E-state index contributed by atoms with van der Waals surface area (Å²) in [5, 5.41) is 12.5. The number of amides is 1. The van der Waals surface area contributed by atoms with Crippen LogP contribution in [-0.4, -0.2) is 45.4 Å². The van der Waals surface area contributed by atoms with E-state index in [1.165, 1.54) is 6.92 Å². The lowest BCUT2D eigenvalue weighted by atomic mass is 10.1. The molecule has 3 radical (unpaired) electrons. The minimum Gasteiger partial charge on any atom is -0.480 e. The summed E-state index contributed by atoms with van der Waals surface area (Å²) in [5.41, 5.74) is 1.84. The molecule has 19 heavy (non-hydrogen) atoms. The Labute approximate surface area is 121 Å². The van der Waals surface area contributed by atoms with E-state index in [4.69, 9.17) is 5.11 Å². The van der Waals surface area contributed by atoms with E-state index in [2.05, 4.69) is 10.3 Å². The zero-order chi connectivity index (χ0) is 13.1. The molecule has 0 saturated carbocycles. The van der Waals surface area contributed by atoms with Gasteiger partial charge in [-0.25, -0.2) is 4.79 Å². The van der Waals surface area contributed by atoms with Crippen LogP contribution in [0.4, 0.5) is 0 Å². The van der Waals surface area contributed by atoms with Gasteiger partial charge in [0.05, 0.1) is 0 Å². The van der Waals surface area contributed by atoms with Gasteiger partial charge in [0, 0.05) is 47.8 Å². The molecule has 0 saturated heterocycles. The number of carbonyl (C=O) groups is 2. The van der Waals surface area contributed by atoms with Crippen LogP contribution in [0, 0.1) is 0 Å². The third-order valence-corrected chi connectivity index (χ3v) is 2.77. The maximum Gasteiger partial charge on any atom is 0.326 e. The normalized spacial score (nSPS) is 11.6. The van der Waals surface area contributed by atoms with Crippen molar-refractivity contribution in [2.45, 2.75) is 19.4 Å². The molecule has 1 aromatic carbocycles. The fraction of sp³-hybridized carbons (Fsp3) is 0.231. The molecule has 0 bridgehead atoms. The molecule has 1 aromatic heterocycles. The molecule has 2 rings (SSSR count). The molecule has 1 heterocycles. The molecule has 0 aliphatic carbocycles. The third kappa shape index (κ3) is 3.60. The van der Waals surface area contributed by atoms with Crippen LogP contribution < -0.4 is 5.32 Å². The van der Waals surface area contributed by atoms with E-state index in [-0.39, 0.29) is 29.7 Å². The number of rotatable bonds is 4.